The van der Waals surface area contributed by atoms with Crippen LogP contribution in [0.3, 0.4) is 0 Å². The molecule has 1 aliphatic rings. The van der Waals surface area contributed by atoms with E-state index in [1.807, 2.05) is 19.1 Å². The van der Waals surface area contributed by atoms with Gasteiger partial charge in [0.05, 0.1) is 12.2 Å². The summed E-state index contributed by atoms with van der Waals surface area (Å²) in [4.78, 5) is 8.71. The number of aliphatic imine (C=N–C) groups is 1. The molecule has 1 heterocycles. The zero-order chi connectivity index (χ0) is 17.5. The SMILES string of the molecule is C=C(C)CNC(N)=NCc1ccc(N2CCN(CC)CC2)c(F)c1.I. The Morgan fingerprint density at radius 1 is 1.32 bits per heavy atom. The molecule has 25 heavy (non-hydrogen) atoms. The Kier molecular flexibility index (Phi) is 9.20. The fourth-order valence-corrected chi connectivity index (χ4v) is 2.68. The number of halogens is 2. The van der Waals surface area contributed by atoms with E-state index < -0.39 is 0 Å². The standard InChI is InChI=1S/C18H28FN5.HI/c1-4-23-7-9-24(10-8-23)17-6-5-15(11-16(17)19)13-22-18(20)21-12-14(2)3;/h5-6,11H,2,4,7-10,12-13H2,1,3H3,(H3,20,21,22);1H. The molecule has 1 saturated heterocycles. The number of hydrogen-bond acceptors (Lipinski definition) is 3. The van der Waals surface area contributed by atoms with Gasteiger partial charge in [0, 0.05) is 32.7 Å². The average Bonchev–Trinajstić information content (AvgIpc) is 2.58. The van der Waals surface area contributed by atoms with Gasteiger partial charge in [-0.25, -0.2) is 9.38 Å². The number of anilines is 1. The highest BCUT2D eigenvalue weighted by Crippen LogP contribution is 2.22. The number of benzene rings is 1. The number of likely N-dealkylation sites (N-methyl/N-ethyl adjacent to an activating group) is 1. The van der Waals surface area contributed by atoms with Gasteiger partial charge in [-0.1, -0.05) is 25.1 Å². The molecule has 0 spiro atoms. The lowest BCUT2D eigenvalue weighted by molar-refractivity contribution is 0.270. The van der Waals surface area contributed by atoms with Crippen LogP contribution in [0.5, 0.6) is 0 Å². The summed E-state index contributed by atoms with van der Waals surface area (Å²) in [5.74, 6) is 0.152. The molecule has 0 aliphatic carbocycles. The smallest absolute Gasteiger partial charge is 0.189 e. The Morgan fingerprint density at radius 3 is 2.56 bits per heavy atom. The zero-order valence-electron chi connectivity index (χ0n) is 15.1. The van der Waals surface area contributed by atoms with Crippen LogP contribution in [0.4, 0.5) is 10.1 Å². The maximum Gasteiger partial charge on any atom is 0.189 e. The second-order valence-electron chi connectivity index (χ2n) is 6.22. The molecule has 1 fully saturated rings. The number of hydrogen-bond donors (Lipinski definition) is 2. The summed E-state index contributed by atoms with van der Waals surface area (Å²) in [6.07, 6.45) is 0. The highest BCUT2D eigenvalue weighted by atomic mass is 127. The monoisotopic (exact) mass is 461 g/mol. The minimum Gasteiger partial charge on any atom is -0.370 e. The van der Waals surface area contributed by atoms with Crippen molar-refractivity contribution in [2.45, 2.75) is 20.4 Å². The number of guanidine groups is 1. The van der Waals surface area contributed by atoms with Crippen molar-refractivity contribution in [1.82, 2.24) is 10.2 Å². The molecule has 0 radical (unpaired) electrons. The topological polar surface area (TPSA) is 56.9 Å². The number of nitrogens with one attached hydrogen (secondary N) is 1. The molecule has 5 nitrogen and oxygen atoms in total. The molecule has 2 rings (SSSR count). The molecule has 1 aromatic carbocycles. The van der Waals surface area contributed by atoms with Gasteiger partial charge in [-0.15, -0.1) is 24.0 Å². The largest absolute Gasteiger partial charge is 0.370 e. The Balaban J connectivity index is 0.00000312. The first-order chi connectivity index (χ1) is 11.5. The van der Waals surface area contributed by atoms with Crippen LogP contribution < -0.4 is 16.0 Å². The van der Waals surface area contributed by atoms with E-state index in [1.54, 1.807) is 6.07 Å². The van der Waals surface area contributed by atoms with Gasteiger partial charge in [-0.3, -0.25) is 0 Å². The van der Waals surface area contributed by atoms with Crippen molar-refractivity contribution < 1.29 is 4.39 Å². The Labute approximate surface area is 167 Å². The molecule has 0 bridgehead atoms. The fourth-order valence-electron chi connectivity index (χ4n) is 2.68. The fraction of sp³-hybridized carbons (Fsp3) is 0.500. The van der Waals surface area contributed by atoms with E-state index in [-0.39, 0.29) is 29.8 Å². The van der Waals surface area contributed by atoms with Crippen LogP contribution in [-0.4, -0.2) is 50.1 Å². The van der Waals surface area contributed by atoms with Crippen LogP contribution in [-0.2, 0) is 6.54 Å². The first kappa shape index (κ1) is 21.7. The van der Waals surface area contributed by atoms with Crippen LogP contribution in [0, 0.1) is 5.82 Å². The molecule has 0 amide bonds. The maximum absolute atomic E-state index is 14.4. The summed E-state index contributed by atoms with van der Waals surface area (Å²) in [6, 6.07) is 5.32. The van der Waals surface area contributed by atoms with Crippen LogP contribution in [0.2, 0.25) is 0 Å². The van der Waals surface area contributed by atoms with Crippen molar-refractivity contribution in [3.63, 3.8) is 0 Å². The van der Waals surface area contributed by atoms with Crippen LogP contribution in [0.15, 0.2) is 35.3 Å². The van der Waals surface area contributed by atoms with Crippen molar-refractivity contribution in [2.24, 2.45) is 10.7 Å². The molecule has 7 heteroatoms. The highest BCUT2D eigenvalue weighted by Gasteiger charge is 2.18. The van der Waals surface area contributed by atoms with Gasteiger partial charge in [0.25, 0.3) is 0 Å². The van der Waals surface area contributed by atoms with Crippen molar-refractivity contribution >= 4 is 35.6 Å². The lowest BCUT2D eigenvalue weighted by Crippen LogP contribution is -2.46. The minimum atomic E-state index is -0.193. The first-order valence-corrected chi connectivity index (χ1v) is 8.43. The van der Waals surface area contributed by atoms with Gasteiger partial charge in [0.15, 0.2) is 5.96 Å². The number of piperazine rings is 1. The molecule has 1 aromatic rings. The van der Waals surface area contributed by atoms with E-state index >= 15 is 0 Å². The summed E-state index contributed by atoms with van der Waals surface area (Å²) in [7, 11) is 0. The maximum atomic E-state index is 14.4. The van der Waals surface area contributed by atoms with E-state index in [4.69, 9.17) is 5.73 Å². The minimum absolute atomic E-state index is 0. The zero-order valence-corrected chi connectivity index (χ0v) is 17.4. The normalized spacial score (nSPS) is 15.6. The molecule has 3 N–H and O–H groups in total. The molecule has 0 saturated carbocycles. The molecular formula is C18H29FIN5. The quantitative estimate of drug-likeness (QED) is 0.296. The first-order valence-electron chi connectivity index (χ1n) is 8.43. The van der Waals surface area contributed by atoms with Crippen LogP contribution in [0.1, 0.15) is 19.4 Å². The van der Waals surface area contributed by atoms with Gasteiger partial charge in [-0.2, -0.15) is 0 Å². The van der Waals surface area contributed by atoms with Gasteiger partial charge in [0.1, 0.15) is 5.82 Å². The third-order valence-electron chi connectivity index (χ3n) is 4.18. The van der Waals surface area contributed by atoms with Crippen molar-refractivity contribution in [2.75, 3.05) is 44.2 Å². The number of nitrogens with two attached hydrogens (primary N) is 1. The Morgan fingerprint density at radius 2 is 2.00 bits per heavy atom. The highest BCUT2D eigenvalue weighted by molar-refractivity contribution is 14.0. The Bertz CT molecular complexity index is 597. The Hall–Kier alpha value is -1.35. The van der Waals surface area contributed by atoms with E-state index in [0.717, 1.165) is 43.9 Å². The third kappa shape index (κ3) is 6.81. The molecule has 140 valence electrons. The van der Waals surface area contributed by atoms with Gasteiger partial charge in [-0.05, 0) is 31.2 Å². The lowest BCUT2D eigenvalue weighted by Gasteiger charge is -2.35. The summed E-state index contributed by atoms with van der Waals surface area (Å²) in [6.45, 7) is 13.5. The van der Waals surface area contributed by atoms with Crippen molar-refractivity contribution in [3.05, 3.63) is 41.7 Å². The predicted molar refractivity (Wildman–Crippen MR) is 114 cm³/mol. The van der Waals surface area contributed by atoms with Gasteiger partial charge in [0.2, 0.25) is 0 Å². The summed E-state index contributed by atoms with van der Waals surface area (Å²) in [5, 5.41) is 2.96. The van der Waals surface area contributed by atoms with Gasteiger partial charge >= 0.3 is 0 Å². The number of rotatable bonds is 6. The summed E-state index contributed by atoms with van der Waals surface area (Å²) < 4.78 is 14.4. The lowest BCUT2D eigenvalue weighted by atomic mass is 10.1. The van der Waals surface area contributed by atoms with E-state index in [0.29, 0.717) is 24.7 Å². The van der Waals surface area contributed by atoms with Crippen molar-refractivity contribution in [1.29, 1.82) is 0 Å². The van der Waals surface area contributed by atoms with Crippen LogP contribution >= 0.6 is 24.0 Å². The molecule has 0 unspecified atom stereocenters. The third-order valence-corrected chi connectivity index (χ3v) is 4.18. The van der Waals surface area contributed by atoms with E-state index in [9.17, 15) is 4.39 Å². The molecule has 0 aromatic heterocycles. The molecule has 0 atom stereocenters. The van der Waals surface area contributed by atoms with Crippen molar-refractivity contribution in [3.8, 4) is 0 Å². The number of nitrogens with zero attached hydrogens (tertiary/aromatic N) is 3. The van der Waals surface area contributed by atoms with Crippen LogP contribution in [0.25, 0.3) is 0 Å². The van der Waals surface area contributed by atoms with E-state index in [2.05, 4.69) is 33.6 Å². The molecular weight excluding hydrogens is 432 g/mol. The predicted octanol–water partition coefficient (Wildman–Crippen LogP) is 2.57. The summed E-state index contributed by atoms with van der Waals surface area (Å²) >= 11 is 0. The average molecular weight is 461 g/mol. The second kappa shape index (κ2) is 10.6. The molecule has 1 aliphatic heterocycles. The summed E-state index contributed by atoms with van der Waals surface area (Å²) in [5.41, 5.74) is 8.23. The van der Waals surface area contributed by atoms with Gasteiger partial charge < -0.3 is 20.9 Å². The second-order valence-corrected chi connectivity index (χ2v) is 6.22. The van der Waals surface area contributed by atoms with E-state index in [1.165, 1.54) is 0 Å².